The molecule has 2 N–H and O–H groups in total. The Morgan fingerprint density at radius 3 is 2.38 bits per heavy atom. The molecule has 0 heterocycles. The Balaban J connectivity index is 1.80. The molecule has 4 nitrogen and oxygen atoms in total. The van der Waals surface area contributed by atoms with Crippen molar-refractivity contribution in [3.05, 3.63) is 83.6 Å². The molecule has 0 aromatic heterocycles. The van der Waals surface area contributed by atoms with Crippen LogP contribution in [0.4, 0.5) is 11.4 Å². The minimum absolute atomic E-state index is 0.0611. The fourth-order valence-corrected chi connectivity index (χ4v) is 3.08. The first kappa shape index (κ1) is 17.5. The normalized spacial score (nSPS) is 19.3. The van der Waals surface area contributed by atoms with E-state index in [1.54, 1.807) is 12.3 Å². The highest BCUT2D eigenvalue weighted by atomic mass is 16.1. The fourth-order valence-electron chi connectivity index (χ4n) is 3.08. The van der Waals surface area contributed by atoms with Gasteiger partial charge in [-0.1, -0.05) is 30.3 Å². The number of nitrogens with zero attached hydrogens (tertiary/aromatic N) is 1. The number of hydrogen-bond acceptors (Lipinski definition) is 4. The van der Waals surface area contributed by atoms with Gasteiger partial charge in [0.15, 0.2) is 5.78 Å². The summed E-state index contributed by atoms with van der Waals surface area (Å²) >= 11 is 0. The lowest BCUT2D eigenvalue weighted by Gasteiger charge is -2.20. The van der Waals surface area contributed by atoms with Gasteiger partial charge in [-0.05, 0) is 55.3 Å². The Morgan fingerprint density at radius 1 is 1.08 bits per heavy atom. The van der Waals surface area contributed by atoms with E-state index in [9.17, 15) is 10.1 Å². The van der Waals surface area contributed by atoms with E-state index in [4.69, 9.17) is 0 Å². The van der Waals surface area contributed by atoms with E-state index >= 15 is 0 Å². The van der Waals surface area contributed by atoms with Gasteiger partial charge < -0.3 is 10.6 Å². The second-order valence-electron chi connectivity index (χ2n) is 6.50. The topological polar surface area (TPSA) is 64.9 Å². The third-order valence-corrected chi connectivity index (χ3v) is 4.36. The van der Waals surface area contributed by atoms with Gasteiger partial charge in [-0.3, -0.25) is 4.79 Å². The molecule has 2 aromatic carbocycles. The largest absolute Gasteiger partial charge is 0.378 e. The van der Waals surface area contributed by atoms with Crippen molar-refractivity contribution < 1.29 is 4.79 Å². The minimum atomic E-state index is -0.530. The van der Waals surface area contributed by atoms with E-state index in [1.807, 2.05) is 68.5 Å². The molecule has 0 bridgehead atoms. The molecule has 0 aliphatic heterocycles. The van der Waals surface area contributed by atoms with Crippen molar-refractivity contribution in [3.8, 4) is 6.07 Å². The van der Waals surface area contributed by atoms with E-state index in [-0.39, 0.29) is 11.8 Å². The molecule has 0 saturated heterocycles. The summed E-state index contributed by atoms with van der Waals surface area (Å²) in [6.45, 7) is 4.02. The molecule has 4 heteroatoms. The number of nitrogens with one attached hydrogen (secondary N) is 2. The van der Waals surface area contributed by atoms with E-state index in [0.29, 0.717) is 5.57 Å². The van der Waals surface area contributed by atoms with Crippen molar-refractivity contribution >= 4 is 17.2 Å². The number of hydrogen-bond donors (Lipinski definition) is 2. The molecular weight excluding hydrogens is 322 g/mol. The molecule has 3 rings (SSSR count). The molecule has 2 aromatic rings. The highest BCUT2D eigenvalue weighted by Gasteiger charge is 2.33. The first-order chi connectivity index (χ1) is 12.6. The standard InChI is InChI=1S/C22H21N3O/c1-15-5-3-7-18(11-15)24-14-17(13-23)22-20(9-10-21(22)26)25-19-8-4-6-16(2)12-19/h3-12,14,20,22,24-25H,1-2H3/b17-14-/t20-,22-/m0/s1. The smallest absolute Gasteiger partial charge is 0.166 e. The van der Waals surface area contributed by atoms with Crippen LogP contribution in [0.5, 0.6) is 0 Å². The molecule has 1 aliphatic carbocycles. The van der Waals surface area contributed by atoms with Crippen LogP contribution in [0.25, 0.3) is 0 Å². The second kappa shape index (κ2) is 7.71. The number of rotatable bonds is 5. The molecule has 1 aliphatic rings. The summed E-state index contributed by atoms with van der Waals surface area (Å²) < 4.78 is 0. The molecule has 130 valence electrons. The quantitative estimate of drug-likeness (QED) is 0.792. The number of benzene rings is 2. The first-order valence-electron chi connectivity index (χ1n) is 8.55. The lowest BCUT2D eigenvalue weighted by Crippen LogP contribution is -2.29. The first-order valence-corrected chi connectivity index (χ1v) is 8.55. The van der Waals surface area contributed by atoms with Crippen molar-refractivity contribution in [1.29, 1.82) is 5.26 Å². The average molecular weight is 343 g/mol. The molecule has 0 radical (unpaired) electrons. The average Bonchev–Trinajstić information content (AvgIpc) is 2.96. The van der Waals surface area contributed by atoms with E-state index in [0.717, 1.165) is 22.5 Å². The van der Waals surface area contributed by atoms with Crippen molar-refractivity contribution in [1.82, 2.24) is 0 Å². The van der Waals surface area contributed by atoms with Gasteiger partial charge in [0, 0.05) is 17.6 Å². The van der Waals surface area contributed by atoms with Crippen LogP contribution in [0.3, 0.4) is 0 Å². The highest BCUT2D eigenvalue weighted by molar-refractivity contribution is 5.98. The molecule has 0 amide bonds. The van der Waals surface area contributed by atoms with E-state index in [2.05, 4.69) is 16.7 Å². The molecular formula is C22H21N3O. The Bertz CT molecular complexity index is 921. The summed E-state index contributed by atoms with van der Waals surface area (Å²) in [6, 6.07) is 17.8. The summed E-state index contributed by atoms with van der Waals surface area (Å²) in [5.41, 5.74) is 4.49. The van der Waals surface area contributed by atoms with Crippen molar-refractivity contribution in [2.75, 3.05) is 10.6 Å². The Kier molecular flexibility index (Phi) is 5.19. The van der Waals surface area contributed by atoms with Gasteiger partial charge in [0.1, 0.15) is 0 Å². The Hall–Kier alpha value is -3.32. The van der Waals surface area contributed by atoms with Crippen LogP contribution in [0.15, 0.2) is 72.5 Å². The number of ketones is 1. The van der Waals surface area contributed by atoms with Gasteiger partial charge in [-0.2, -0.15) is 5.26 Å². The maximum Gasteiger partial charge on any atom is 0.166 e. The van der Waals surface area contributed by atoms with Crippen LogP contribution in [0.1, 0.15) is 11.1 Å². The zero-order valence-corrected chi connectivity index (χ0v) is 14.9. The summed E-state index contributed by atoms with van der Waals surface area (Å²) in [5, 5.41) is 16.1. The molecule has 0 fully saturated rings. The van der Waals surface area contributed by atoms with Crippen molar-refractivity contribution in [2.45, 2.75) is 19.9 Å². The van der Waals surface area contributed by atoms with Gasteiger partial charge in [0.2, 0.25) is 0 Å². The number of anilines is 2. The number of nitriles is 1. The number of carbonyl (C=O) groups excluding carboxylic acids is 1. The number of aryl methyl sites for hydroxylation is 2. The molecule has 0 saturated carbocycles. The maximum absolute atomic E-state index is 12.4. The summed E-state index contributed by atoms with van der Waals surface area (Å²) in [5.74, 6) is -0.591. The van der Waals surface area contributed by atoms with Crippen LogP contribution in [0.2, 0.25) is 0 Å². The van der Waals surface area contributed by atoms with E-state index in [1.165, 1.54) is 0 Å². The second-order valence-corrected chi connectivity index (χ2v) is 6.50. The summed E-state index contributed by atoms with van der Waals surface area (Å²) in [4.78, 5) is 12.4. The zero-order chi connectivity index (χ0) is 18.5. The van der Waals surface area contributed by atoms with Gasteiger partial charge in [0.05, 0.1) is 23.6 Å². The molecule has 2 atom stereocenters. The van der Waals surface area contributed by atoms with Gasteiger partial charge in [-0.15, -0.1) is 0 Å². The van der Waals surface area contributed by atoms with Crippen LogP contribution < -0.4 is 10.6 Å². The SMILES string of the molecule is Cc1cccc(N/C=C(/C#N)[C@@H]2C(=O)C=C[C@@H]2Nc2cccc(C)c2)c1. The van der Waals surface area contributed by atoms with Gasteiger partial charge in [0.25, 0.3) is 0 Å². The Labute approximate surface area is 153 Å². The number of carbonyl (C=O) groups is 1. The fraction of sp³-hybridized carbons (Fsp3) is 0.182. The van der Waals surface area contributed by atoms with Crippen LogP contribution in [-0.4, -0.2) is 11.8 Å². The van der Waals surface area contributed by atoms with Gasteiger partial charge >= 0.3 is 0 Å². The zero-order valence-electron chi connectivity index (χ0n) is 14.9. The molecule has 0 unspecified atom stereocenters. The van der Waals surface area contributed by atoms with E-state index < -0.39 is 5.92 Å². The third-order valence-electron chi connectivity index (χ3n) is 4.36. The lowest BCUT2D eigenvalue weighted by atomic mass is 9.93. The third kappa shape index (κ3) is 4.01. The summed E-state index contributed by atoms with van der Waals surface area (Å²) in [6.07, 6.45) is 5.01. The van der Waals surface area contributed by atoms with Crippen LogP contribution in [-0.2, 0) is 4.79 Å². The van der Waals surface area contributed by atoms with Gasteiger partial charge in [-0.25, -0.2) is 0 Å². The molecule has 0 spiro atoms. The van der Waals surface area contributed by atoms with Crippen LogP contribution >= 0.6 is 0 Å². The monoisotopic (exact) mass is 343 g/mol. The minimum Gasteiger partial charge on any atom is -0.378 e. The Morgan fingerprint density at radius 2 is 1.73 bits per heavy atom. The van der Waals surface area contributed by atoms with Crippen molar-refractivity contribution in [2.24, 2.45) is 5.92 Å². The summed E-state index contributed by atoms with van der Waals surface area (Å²) in [7, 11) is 0. The van der Waals surface area contributed by atoms with Crippen molar-refractivity contribution in [3.63, 3.8) is 0 Å². The maximum atomic E-state index is 12.4. The number of allylic oxidation sites excluding steroid dienone is 1. The lowest BCUT2D eigenvalue weighted by molar-refractivity contribution is -0.116. The van der Waals surface area contributed by atoms with Crippen LogP contribution in [0, 0.1) is 31.1 Å². The predicted molar refractivity (Wildman–Crippen MR) is 105 cm³/mol. The molecule has 26 heavy (non-hydrogen) atoms. The predicted octanol–water partition coefficient (Wildman–Crippen LogP) is 4.36. The highest BCUT2D eigenvalue weighted by Crippen LogP contribution is 2.27.